The molecular weight excluding hydrogens is 322 g/mol. The van der Waals surface area contributed by atoms with Crippen LogP contribution in [0.5, 0.6) is 0 Å². The zero-order valence-electron chi connectivity index (χ0n) is 14.9. The van der Waals surface area contributed by atoms with E-state index >= 15 is 0 Å². The van der Waals surface area contributed by atoms with Gasteiger partial charge in [-0.05, 0) is 29.7 Å². The minimum absolute atomic E-state index is 0.143. The van der Waals surface area contributed by atoms with Crippen LogP contribution in [0.3, 0.4) is 0 Å². The van der Waals surface area contributed by atoms with Crippen LogP contribution in [-0.2, 0) is 13.0 Å². The third-order valence-electron chi connectivity index (χ3n) is 4.22. The second kappa shape index (κ2) is 8.81. The summed E-state index contributed by atoms with van der Waals surface area (Å²) in [7, 11) is 2.01. The lowest BCUT2D eigenvalue weighted by Gasteiger charge is -2.19. The molecule has 0 spiro atoms. The van der Waals surface area contributed by atoms with E-state index in [2.05, 4.69) is 39.5 Å². The van der Waals surface area contributed by atoms with E-state index in [-0.39, 0.29) is 5.91 Å². The maximum Gasteiger partial charge on any atom is 0.269 e. The third kappa shape index (κ3) is 4.93. The van der Waals surface area contributed by atoms with Crippen LogP contribution in [0, 0.1) is 0 Å². The summed E-state index contributed by atoms with van der Waals surface area (Å²) in [6.07, 6.45) is 2.49. The third-order valence-corrected chi connectivity index (χ3v) is 4.22. The predicted molar refractivity (Wildman–Crippen MR) is 105 cm³/mol. The Kier molecular flexibility index (Phi) is 5.99. The SMILES string of the molecule is CN(Cc1ccccc1)c1ccnc(C(=O)NCCc2ccccc2)c1. The molecule has 1 heterocycles. The number of hydrogen-bond donors (Lipinski definition) is 1. The molecule has 4 heteroatoms. The van der Waals surface area contributed by atoms with Crippen molar-refractivity contribution in [2.45, 2.75) is 13.0 Å². The summed E-state index contributed by atoms with van der Waals surface area (Å²) in [6, 6.07) is 24.1. The number of hydrogen-bond acceptors (Lipinski definition) is 3. The Hall–Kier alpha value is -3.14. The van der Waals surface area contributed by atoms with Crippen molar-refractivity contribution in [3.8, 4) is 0 Å². The average Bonchev–Trinajstić information content (AvgIpc) is 2.69. The lowest BCUT2D eigenvalue weighted by atomic mass is 10.1. The van der Waals surface area contributed by atoms with E-state index in [1.165, 1.54) is 11.1 Å². The lowest BCUT2D eigenvalue weighted by molar-refractivity contribution is 0.0949. The Morgan fingerprint density at radius 3 is 2.31 bits per heavy atom. The second-order valence-corrected chi connectivity index (χ2v) is 6.23. The highest BCUT2D eigenvalue weighted by Gasteiger charge is 2.10. The van der Waals surface area contributed by atoms with Crippen molar-refractivity contribution in [3.05, 3.63) is 95.8 Å². The zero-order chi connectivity index (χ0) is 18.2. The van der Waals surface area contributed by atoms with Crippen molar-refractivity contribution in [3.63, 3.8) is 0 Å². The van der Waals surface area contributed by atoms with Gasteiger partial charge in [0.25, 0.3) is 5.91 Å². The molecule has 132 valence electrons. The van der Waals surface area contributed by atoms with Crippen LogP contribution in [0.2, 0.25) is 0 Å². The number of pyridine rings is 1. The molecule has 0 aliphatic rings. The first-order valence-electron chi connectivity index (χ1n) is 8.75. The highest BCUT2D eigenvalue weighted by atomic mass is 16.1. The molecule has 0 bridgehead atoms. The van der Waals surface area contributed by atoms with Gasteiger partial charge in [-0.15, -0.1) is 0 Å². The summed E-state index contributed by atoms with van der Waals surface area (Å²) in [5.74, 6) is -0.143. The fraction of sp³-hybridized carbons (Fsp3) is 0.182. The fourth-order valence-corrected chi connectivity index (χ4v) is 2.79. The summed E-state index contributed by atoms with van der Waals surface area (Å²) in [5.41, 5.74) is 3.84. The van der Waals surface area contributed by atoms with Gasteiger partial charge >= 0.3 is 0 Å². The standard InChI is InChI=1S/C22H23N3O/c1-25(17-19-10-6-3-7-11-19)20-13-15-23-21(16-20)22(26)24-14-12-18-8-4-2-5-9-18/h2-11,13,15-16H,12,14,17H2,1H3,(H,24,26). The van der Waals surface area contributed by atoms with Gasteiger partial charge < -0.3 is 10.2 Å². The molecule has 2 aromatic carbocycles. The zero-order valence-corrected chi connectivity index (χ0v) is 14.9. The number of benzene rings is 2. The van der Waals surface area contributed by atoms with Crippen molar-refractivity contribution in [1.82, 2.24) is 10.3 Å². The number of amides is 1. The Morgan fingerprint density at radius 2 is 1.62 bits per heavy atom. The van der Waals surface area contributed by atoms with Gasteiger partial charge in [0.05, 0.1) is 0 Å². The van der Waals surface area contributed by atoms with Gasteiger partial charge in [-0.3, -0.25) is 9.78 Å². The first kappa shape index (κ1) is 17.7. The van der Waals surface area contributed by atoms with Crippen LogP contribution in [-0.4, -0.2) is 24.5 Å². The maximum atomic E-state index is 12.4. The van der Waals surface area contributed by atoms with Crippen molar-refractivity contribution < 1.29 is 4.79 Å². The fourth-order valence-electron chi connectivity index (χ4n) is 2.79. The number of nitrogens with zero attached hydrogens (tertiary/aromatic N) is 2. The Morgan fingerprint density at radius 1 is 0.962 bits per heavy atom. The van der Waals surface area contributed by atoms with Crippen LogP contribution in [0.25, 0.3) is 0 Å². The minimum atomic E-state index is -0.143. The molecule has 4 nitrogen and oxygen atoms in total. The van der Waals surface area contributed by atoms with Gasteiger partial charge in [0, 0.05) is 32.0 Å². The molecule has 3 aromatic rings. The van der Waals surface area contributed by atoms with Crippen LogP contribution in [0.15, 0.2) is 79.0 Å². The monoisotopic (exact) mass is 345 g/mol. The van der Waals surface area contributed by atoms with Crippen molar-refractivity contribution >= 4 is 11.6 Å². The van der Waals surface area contributed by atoms with E-state index in [4.69, 9.17) is 0 Å². The number of carbonyl (C=O) groups is 1. The summed E-state index contributed by atoms with van der Waals surface area (Å²) in [6.45, 7) is 1.37. The summed E-state index contributed by atoms with van der Waals surface area (Å²) in [5, 5.41) is 2.94. The van der Waals surface area contributed by atoms with E-state index in [1.807, 2.05) is 55.6 Å². The van der Waals surface area contributed by atoms with Gasteiger partial charge in [0.1, 0.15) is 5.69 Å². The molecule has 0 atom stereocenters. The molecule has 1 amide bonds. The average molecular weight is 345 g/mol. The largest absolute Gasteiger partial charge is 0.370 e. The topological polar surface area (TPSA) is 45.2 Å². The van der Waals surface area contributed by atoms with Crippen LogP contribution in [0.4, 0.5) is 5.69 Å². The molecule has 1 N–H and O–H groups in total. The molecule has 0 unspecified atom stereocenters. The van der Waals surface area contributed by atoms with Crippen molar-refractivity contribution in [1.29, 1.82) is 0 Å². The summed E-state index contributed by atoms with van der Waals surface area (Å²) < 4.78 is 0. The van der Waals surface area contributed by atoms with Gasteiger partial charge in [-0.25, -0.2) is 0 Å². The van der Waals surface area contributed by atoms with Crippen LogP contribution in [0.1, 0.15) is 21.6 Å². The van der Waals surface area contributed by atoms with Crippen molar-refractivity contribution in [2.75, 3.05) is 18.5 Å². The number of nitrogens with one attached hydrogen (secondary N) is 1. The molecule has 3 rings (SSSR count). The molecule has 0 aliphatic carbocycles. The number of aromatic nitrogens is 1. The smallest absolute Gasteiger partial charge is 0.269 e. The Labute approximate surface area is 154 Å². The van der Waals surface area contributed by atoms with Gasteiger partial charge in [-0.1, -0.05) is 60.7 Å². The maximum absolute atomic E-state index is 12.4. The number of carbonyl (C=O) groups excluding carboxylic acids is 1. The molecule has 0 saturated heterocycles. The van der Waals surface area contributed by atoms with Crippen LogP contribution >= 0.6 is 0 Å². The van der Waals surface area contributed by atoms with E-state index in [0.717, 1.165) is 18.7 Å². The molecule has 0 aliphatic heterocycles. The summed E-state index contributed by atoms with van der Waals surface area (Å²) in [4.78, 5) is 18.7. The number of anilines is 1. The Balaban J connectivity index is 1.58. The first-order chi connectivity index (χ1) is 12.7. The van der Waals surface area contributed by atoms with E-state index in [9.17, 15) is 4.79 Å². The molecule has 1 aromatic heterocycles. The van der Waals surface area contributed by atoms with E-state index in [0.29, 0.717) is 12.2 Å². The quantitative estimate of drug-likeness (QED) is 0.710. The van der Waals surface area contributed by atoms with Gasteiger partial charge in [0.15, 0.2) is 0 Å². The first-order valence-corrected chi connectivity index (χ1v) is 8.75. The van der Waals surface area contributed by atoms with Crippen molar-refractivity contribution in [2.24, 2.45) is 0 Å². The molecule has 0 radical (unpaired) electrons. The normalized spacial score (nSPS) is 10.3. The highest BCUT2D eigenvalue weighted by molar-refractivity contribution is 5.93. The van der Waals surface area contributed by atoms with Gasteiger partial charge in [-0.2, -0.15) is 0 Å². The van der Waals surface area contributed by atoms with E-state index < -0.39 is 0 Å². The van der Waals surface area contributed by atoms with Crippen LogP contribution < -0.4 is 10.2 Å². The lowest BCUT2D eigenvalue weighted by Crippen LogP contribution is -2.27. The number of rotatable bonds is 7. The molecular formula is C22H23N3O. The van der Waals surface area contributed by atoms with E-state index in [1.54, 1.807) is 6.20 Å². The summed E-state index contributed by atoms with van der Waals surface area (Å²) >= 11 is 0. The van der Waals surface area contributed by atoms with Gasteiger partial charge in [0.2, 0.25) is 0 Å². The molecule has 26 heavy (non-hydrogen) atoms. The molecule has 0 fully saturated rings. The Bertz CT molecular complexity index is 834. The second-order valence-electron chi connectivity index (χ2n) is 6.23. The minimum Gasteiger partial charge on any atom is -0.370 e. The predicted octanol–water partition coefficient (Wildman–Crippen LogP) is 3.69. The molecule has 0 saturated carbocycles. The highest BCUT2D eigenvalue weighted by Crippen LogP contribution is 2.16.